The number of allylic oxidation sites excluding steroid dienone is 1. The predicted octanol–water partition coefficient (Wildman–Crippen LogP) is 4.08. The van der Waals surface area contributed by atoms with Crippen molar-refractivity contribution < 1.29 is 19.2 Å². The molecule has 2 aromatic carbocycles. The van der Waals surface area contributed by atoms with Crippen LogP contribution in [0.5, 0.6) is 0 Å². The molecule has 160 valence electrons. The predicted molar refractivity (Wildman–Crippen MR) is 115 cm³/mol. The van der Waals surface area contributed by atoms with Crippen LogP contribution in [-0.2, 0) is 14.3 Å². The molecular weight excluding hydrogens is 424 g/mol. The molecule has 3 aromatic rings. The van der Waals surface area contributed by atoms with Crippen molar-refractivity contribution >= 4 is 40.2 Å². The summed E-state index contributed by atoms with van der Waals surface area (Å²) in [6.45, 7) is 2.04. The van der Waals surface area contributed by atoms with E-state index in [1.807, 2.05) is 24.3 Å². The number of nitrogens with one attached hydrogen (secondary N) is 1. The molecule has 0 saturated heterocycles. The van der Waals surface area contributed by atoms with E-state index in [0.29, 0.717) is 22.7 Å². The normalized spacial score (nSPS) is 15.5. The van der Waals surface area contributed by atoms with Crippen LogP contribution in [0.3, 0.4) is 0 Å². The van der Waals surface area contributed by atoms with E-state index in [4.69, 9.17) is 21.1 Å². The number of hydrogen-bond donors (Lipinski definition) is 1. The number of hydrogen-bond acceptors (Lipinski definition) is 7. The van der Waals surface area contributed by atoms with Crippen molar-refractivity contribution in [2.75, 3.05) is 25.6 Å². The summed E-state index contributed by atoms with van der Waals surface area (Å²) in [5, 5.41) is 14.9. The molecule has 2 heterocycles. The second-order valence-electron chi connectivity index (χ2n) is 6.95. The first kappa shape index (κ1) is 20.8. The number of carbonyl (C=O) groups is 1. The zero-order valence-corrected chi connectivity index (χ0v) is 17.5. The average Bonchev–Trinajstić information content (AvgIpc) is 3.11. The second-order valence-corrected chi connectivity index (χ2v) is 7.36. The van der Waals surface area contributed by atoms with Gasteiger partial charge >= 0.3 is 5.97 Å². The Morgan fingerprint density at radius 2 is 2.06 bits per heavy atom. The van der Waals surface area contributed by atoms with Crippen LogP contribution >= 0.6 is 11.6 Å². The van der Waals surface area contributed by atoms with Gasteiger partial charge in [0.15, 0.2) is 0 Å². The molecule has 1 atom stereocenters. The number of para-hydroxylation sites is 2. The topological polar surface area (TPSA) is 109 Å². The van der Waals surface area contributed by atoms with E-state index in [0.717, 1.165) is 5.52 Å². The molecule has 4 rings (SSSR count). The number of aromatic nitrogens is 2. The fraction of sp³-hybridized carbons (Fsp3) is 0.238. The van der Waals surface area contributed by atoms with Gasteiger partial charge < -0.3 is 14.8 Å². The molecule has 1 N–H and O–H groups in total. The maximum atomic E-state index is 13.1. The van der Waals surface area contributed by atoms with Gasteiger partial charge in [0.25, 0.3) is 5.69 Å². The maximum absolute atomic E-state index is 13.1. The van der Waals surface area contributed by atoms with Gasteiger partial charge in [-0.15, -0.1) is 0 Å². The lowest BCUT2D eigenvalue weighted by molar-refractivity contribution is -0.384. The van der Waals surface area contributed by atoms with Gasteiger partial charge in [-0.25, -0.2) is 9.78 Å². The molecule has 0 unspecified atom stereocenters. The van der Waals surface area contributed by atoms with Crippen LogP contribution in [0.25, 0.3) is 11.0 Å². The number of halogens is 1. The summed E-state index contributed by atoms with van der Waals surface area (Å²) in [5.74, 6) is -0.0715. The van der Waals surface area contributed by atoms with Crippen LogP contribution in [0.2, 0.25) is 5.02 Å². The standard InChI is InChI=1S/C21H19ClN4O5/c1-12-18(20(27)31-10-9-30-2)19(14-11-13(26(28)29)7-8-15(14)22)25-17-6-4-3-5-16(17)24-21(25)23-12/h3-8,11,19H,9-10H2,1-2H3,(H,23,24)/t19-/m1/s1. The second kappa shape index (κ2) is 8.37. The molecule has 9 nitrogen and oxygen atoms in total. The van der Waals surface area contributed by atoms with E-state index in [-0.39, 0.29) is 29.5 Å². The third-order valence-corrected chi connectivity index (χ3v) is 5.40. The highest BCUT2D eigenvalue weighted by Crippen LogP contribution is 2.42. The Labute approximate surface area is 182 Å². The van der Waals surface area contributed by atoms with Crippen LogP contribution in [0.15, 0.2) is 53.7 Å². The third kappa shape index (κ3) is 3.73. The first-order valence-electron chi connectivity index (χ1n) is 9.47. The number of fused-ring (bicyclic) bond motifs is 3. The Morgan fingerprint density at radius 1 is 1.29 bits per heavy atom. The molecule has 1 aromatic heterocycles. The number of ether oxygens (including phenoxy) is 2. The Balaban J connectivity index is 1.94. The van der Waals surface area contributed by atoms with Crippen molar-refractivity contribution in [1.82, 2.24) is 9.55 Å². The van der Waals surface area contributed by atoms with Crippen LogP contribution < -0.4 is 5.32 Å². The summed E-state index contributed by atoms with van der Waals surface area (Å²) in [7, 11) is 1.51. The van der Waals surface area contributed by atoms with E-state index in [1.54, 1.807) is 11.5 Å². The first-order valence-corrected chi connectivity index (χ1v) is 9.84. The van der Waals surface area contributed by atoms with Crippen molar-refractivity contribution in [2.24, 2.45) is 0 Å². The Hall–Kier alpha value is -3.43. The number of benzene rings is 2. The molecule has 10 heteroatoms. The van der Waals surface area contributed by atoms with E-state index in [9.17, 15) is 14.9 Å². The summed E-state index contributed by atoms with van der Waals surface area (Å²) in [6.07, 6.45) is 0. The van der Waals surface area contributed by atoms with Gasteiger partial charge in [0.05, 0.1) is 34.2 Å². The number of carbonyl (C=O) groups excluding carboxylic acids is 1. The van der Waals surface area contributed by atoms with Gasteiger partial charge in [0.1, 0.15) is 6.61 Å². The maximum Gasteiger partial charge on any atom is 0.338 e. The minimum atomic E-state index is -0.772. The number of nitrogens with zero attached hydrogens (tertiary/aromatic N) is 3. The summed E-state index contributed by atoms with van der Waals surface area (Å²) < 4.78 is 12.2. The molecule has 1 aliphatic heterocycles. The van der Waals surface area contributed by atoms with E-state index >= 15 is 0 Å². The highest BCUT2D eigenvalue weighted by molar-refractivity contribution is 6.31. The highest BCUT2D eigenvalue weighted by atomic mass is 35.5. The molecule has 31 heavy (non-hydrogen) atoms. The summed E-state index contributed by atoms with van der Waals surface area (Å²) >= 11 is 6.49. The summed E-state index contributed by atoms with van der Waals surface area (Å²) in [4.78, 5) is 28.6. The molecule has 0 fully saturated rings. The largest absolute Gasteiger partial charge is 0.460 e. The van der Waals surface area contributed by atoms with Crippen molar-refractivity contribution in [3.05, 3.63) is 74.4 Å². The fourth-order valence-corrected chi connectivity index (χ4v) is 3.89. The van der Waals surface area contributed by atoms with Gasteiger partial charge in [-0.3, -0.25) is 14.7 Å². The molecule has 0 spiro atoms. The van der Waals surface area contributed by atoms with Gasteiger partial charge in [0.2, 0.25) is 5.95 Å². The van der Waals surface area contributed by atoms with Gasteiger partial charge in [-0.1, -0.05) is 23.7 Å². The van der Waals surface area contributed by atoms with Crippen LogP contribution in [-0.4, -0.2) is 40.8 Å². The molecule has 0 amide bonds. The number of nitro benzene ring substituents is 1. The lowest BCUT2D eigenvalue weighted by atomic mass is 9.94. The Morgan fingerprint density at radius 3 is 2.81 bits per heavy atom. The SMILES string of the molecule is COCCOC(=O)C1=C(C)Nc2nc3ccccc3n2[C@@H]1c1cc([N+](=O)[O-])ccc1Cl. The fourth-order valence-electron chi connectivity index (χ4n) is 3.67. The van der Waals surface area contributed by atoms with Gasteiger partial charge in [0, 0.05) is 35.5 Å². The Bertz CT molecular complexity index is 1220. The minimum absolute atomic E-state index is 0.0685. The Kier molecular flexibility index (Phi) is 5.62. The summed E-state index contributed by atoms with van der Waals surface area (Å²) in [6, 6.07) is 10.8. The lowest BCUT2D eigenvalue weighted by Crippen LogP contribution is -2.29. The number of nitro groups is 1. The van der Waals surface area contributed by atoms with Crippen molar-refractivity contribution in [1.29, 1.82) is 0 Å². The zero-order valence-electron chi connectivity index (χ0n) is 16.8. The van der Waals surface area contributed by atoms with Crippen LogP contribution in [0.1, 0.15) is 18.5 Å². The van der Waals surface area contributed by atoms with Crippen molar-refractivity contribution in [2.45, 2.75) is 13.0 Å². The minimum Gasteiger partial charge on any atom is -0.460 e. The quantitative estimate of drug-likeness (QED) is 0.265. The molecular formula is C21H19ClN4O5. The third-order valence-electron chi connectivity index (χ3n) is 5.06. The summed E-state index contributed by atoms with van der Waals surface area (Å²) in [5.41, 5.74) is 2.53. The lowest BCUT2D eigenvalue weighted by Gasteiger charge is -2.30. The number of anilines is 1. The molecule has 1 aliphatic rings. The molecule has 0 saturated carbocycles. The van der Waals surface area contributed by atoms with E-state index < -0.39 is 16.9 Å². The molecule has 0 radical (unpaired) electrons. The van der Waals surface area contributed by atoms with Gasteiger partial charge in [-0.2, -0.15) is 0 Å². The first-order chi connectivity index (χ1) is 14.9. The number of non-ortho nitro benzene ring substituents is 1. The highest BCUT2D eigenvalue weighted by Gasteiger charge is 2.36. The monoisotopic (exact) mass is 442 g/mol. The van der Waals surface area contributed by atoms with E-state index in [2.05, 4.69) is 10.3 Å². The van der Waals surface area contributed by atoms with Crippen molar-refractivity contribution in [3.8, 4) is 0 Å². The van der Waals surface area contributed by atoms with Crippen LogP contribution in [0, 0.1) is 10.1 Å². The smallest absolute Gasteiger partial charge is 0.338 e. The number of esters is 1. The van der Waals surface area contributed by atoms with Gasteiger partial charge in [-0.05, 0) is 25.1 Å². The van der Waals surface area contributed by atoms with Crippen molar-refractivity contribution in [3.63, 3.8) is 0 Å². The molecule has 0 aliphatic carbocycles. The number of imidazole rings is 1. The number of methoxy groups -OCH3 is 1. The van der Waals surface area contributed by atoms with E-state index in [1.165, 1.54) is 25.3 Å². The average molecular weight is 443 g/mol. The molecule has 0 bridgehead atoms. The number of rotatable bonds is 6. The zero-order chi connectivity index (χ0) is 22.1. The van der Waals surface area contributed by atoms with Crippen LogP contribution in [0.4, 0.5) is 11.6 Å².